The SMILES string of the molecule is CCSc1nnc(NC(=O)CN2CCc3nc(NC(=O)C4CCC4)sc3C2)s1. The fourth-order valence-electron chi connectivity index (χ4n) is 3.12. The van der Waals surface area contributed by atoms with E-state index < -0.39 is 0 Å². The maximum Gasteiger partial charge on any atom is 0.240 e. The van der Waals surface area contributed by atoms with Crippen molar-refractivity contribution in [3.8, 4) is 0 Å². The van der Waals surface area contributed by atoms with E-state index >= 15 is 0 Å². The molecule has 2 aliphatic rings. The molecule has 2 N–H and O–H groups in total. The van der Waals surface area contributed by atoms with Crippen molar-refractivity contribution in [2.75, 3.05) is 29.5 Å². The highest BCUT2D eigenvalue weighted by Gasteiger charge is 2.27. The number of carbonyl (C=O) groups is 2. The highest BCUT2D eigenvalue weighted by atomic mass is 32.2. The zero-order valence-corrected chi connectivity index (χ0v) is 18.0. The summed E-state index contributed by atoms with van der Waals surface area (Å²) in [6, 6.07) is 0. The molecule has 0 saturated heterocycles. The average molecular weight is 439 g/mol. The monoisotopic (exact) mass is 438 g/mol. The van der Waals surface area contributed by atoms with Gasteiger partial charge in [0, 0.05) is 30.3 Å². The fourth-order valence-corrected chi connectivity index (χ4v) is 5.84. The molecule has 4 rings (SSSR count). The highest BCUT2D eigenvalue weighted by Crippen LogP contribution is 2.31. The minimum absolute atomic E-state index is 0.0873. The Morgan fingerprint density at radius 1 is 1.21 bits per heavy atom. The molecule has 8 nitrogen and oxygen atoms in total. The van der Waals surface area contributed by atoms with Crippen LogP contribution in [0.1, 0.15) is 36.8 Å². The molecule has 0 spiro atoms. The Kier molecular flexibility index (Phi) is 6.24. The van der Waals surface area contributed by atoms with Crippen LogP contribution in [-0.4, -0.2) is 50.7 Å². The van der Waals surface area contributed by atoms with Crippen molar-refractivity contribution in [3.63, 3.8) is 0 Å². The predicted molar refractivity (Wildman–Crippen MR) is 112 cm³/mol. The van der Waals surface area contributed by atoms with Crippen LogP contribution in [0.15, 0.2) is 4.34 Å². The molecule has 11 heteroatoms. The van der Waals surface area contributed by atoms with Gasteiger partial charge >= 0.3 is 0 Å². The van der Waals surface area contributed by atoms with Gasteiger partial charge < -0.3 is 5.32 Å². The van der Waals surface area contributed by atoms with Crippen molar-refractivity contribution >= 4 is 56.5 Å². The number of carbonyl (C=O) groups excluding carboxylic acids is 2. The number of anilines is 2. The number of amides is 2. The molecule has 1 aliphatic heterocycles. The van der Waals surface area contributed by atoms with Gasteiger partial charge in [0.15, 0.2) is 9.47 Å². The molecule has 0 unspecified atom stereocenters. The molecule has 1 saturated carbocycles. The van der Waals surface area contributed by atoms with Crippen LogP contribution in [0.3, 0.4) is 0 Å². The summed E-state index contributed by atoms with van der Waals surface area (Å²) in [6.45, 7) is 3.80. The standard InChI is InChI=1S/C17H22N6O2S3/c1-2-26-17-22-21-16(28-17)19-13(24)9-23-7-6-11-12(8-23)27-15(18-11)20-14(25)10-4-3-5-10/h10H,2-9H2,1H3,(H,18,20,25)(H,19,21,24). The topological polar surface area (TPSA) is 100 Å². The molecule has 2 aromatic rings. The molecule has 0 radical (unpaired) electrons. The molecule has 0 atom stereocenters. The van der Waals surface area contributed by atoms with E-state index in [0.29, 0.717) is 23.4 Å². The summed E-state index contributed by atoms with van der Waals surface area (Å²) in [5.74, 6) is 1.08. The van der Waals surface area contributed by atoms with Gasteiger partial charge in [-0.15, -0.1) is 21.5 Å². The van der Waals surface area contributed by atoms with Crippen molar-refractivity contribution in [3.05, 3.63) is 10.6 Å². The first-order chi connectivity index (χ1) is 13.6. The first kappa shape index (κ1) is 19.7. The molecule has 150 valence electrons. The lowest BCUT2D eigenvalue weighted by molar-refractivity contribution is -0.122. The van der Waals surface area contributed by atoms with Crippen molar-refractivity contribution in [2.45, 2.75) is 43.5 Å². The number of nitrogens with one attached hydrogen (secondary N) is 2. The molecule has 2 aromatic heterocycles. The van der Waals surface area contributed by atoms with E-state index in [1.807, 2.05) is 0 Å². The molecular formula is C17H22N6O2S3. The molecular weight excluding hydrogens is 416 g/mol. The quantitative estimate of drug-likeness (QED) is 0.506. The lowest BCUT2D eigenvalue weighted by atomic mass is 9.85. The van der Waals surface area contributed by atoms with Crippen LogP contribution in [0.5, 0.6) is 0 Å². The molecule has 3 heterocycles. The van der Waals surface area contributed by atoms with Crippen molar-refractivity contribution < 1.29 is 9.59 Å². The first-order valence-corrected chi connectivity index (χ1v) is 12.0. The average Bonchev–Trinajstić information content (AvgIpc) is 3.19. The molecule has 1 fully saturated rings. The number of aromatic nitrogens is 3. The number of hydrogen-bond acceptors (Lipinski definition) is 9. The van der Waals surface area contributed by atoms with Gasteiger partial charge in [0.1, 0.15) is 0 Å². The lowest BCUT2D eigenvalue weighted by Crippen LogP contribution is -2.36. The lowest BCUT2D eigenvalue weighted by Gasteiger charge is -2.24. The summed E-state index contributed by atoms with van der Waals surface area (Å²) in [6.07, 6.45) is 3.88. The van der Waals surface area contributed by atoms with E-state index in [-0.39, 0.29) is 17.7 Å². The van der Waals surface area contributed by atoms with Crippen LogP contribution in [0, 0.1) is 5.92 Å². The molecule has 0 aromatic carbocycles. The minimum Gasteiger partial charge on any atom is -0.302 e. The number of thiazole rings is 1. The minimum atomic E-state index is -0.0873. The van der Waals surface area contributed by atoms with Gasteiger partial charge in [-0.3, -0.25) is 19.8 Å². The second kappa shape index (κ2) is 8.85. The van der Waals surface area contributed by atoms with E-state index in [4.69, 9.17) is 0 Å². The van der Waals surface area contributed by atoms with E-state index in [2.05, 4.69) is 37.6 Å². The second-order valence-corrected chi connectivity index (χ2v) is 10.4. The van der Waals surface area contributed by atoms with Crippen LogP contribution in [0.4, 0.5) is 10.3 Å². The van der Waals surface area contributed by atoms with Crippen LogP contribution < -0.4 is 10.6 Å². The Hall–Kier alpha value is -1.56. The largest absolute Gasteiger partial charge is 0.302 e. The molecule has 2 amide bonds. The normalized spacial score (nSPS) is 17.0. The number of fused-ring (bicyclic) bond motifs is 1. The van der Waals surface area contributed by atoms with E-state index in [1.54, 1.807) is 11.8 Å². The van der Waals surface area contributed by atoms with Crippen LogP contribution in [0.25, 0.3) is 0 Å². The van der Waals surface area contributed by atoms with E-state index in [9.17, 15) is 9.59 Å². The smallest absolute Gasteiger partial charge is 0.240 e. The third kappa shape index (κ3) is 4.70. The van der Waals surface area contributed by atoms with Gasteiger partial charge in [-0.05, 0) is 18.6 Å². The number of hydrogen-bond donors (Lipinski definition) is 2. The Bertz CT molecular complexity index is 863. The molecule has 1 aliphatic carbocycles. The van der Waals surface area contributed by atoms with Crippen molar-refractivity contribution in [2.24, 2.45) is 5.92 Å². The summed E-state index contributed by atoms with van der Waals surface area (Å²) in [5, 5.41) is 15.1. The summed E-state index contributed by atoms with van der Waals surface area (Å²) in [4.78, 5) is 32.2. The third-order valence-corrected chi connectivity index (χ3v) is 7.66. The number of rotatable bonds is 7. The number of thioether (sulfide) groups is 1. The second-order valence-electron chi connectivity index (χ2n) is 6.82. The first-order valence-electron chi connectivity index (χ1n) is 9.38. The van der Waals surface area contributed by atoms with Gasteiger partial charge in [-0.1, -0.05) is 36.4 Å². The molecule has 0 bridgehead atoms. The summed E-state index contributed by atoms with van der Waals surface area (Å²) in [7, 11) is 0. The van der Waals surface area contributed by atoms with Gasteiger partial charge in [0.2, 0.25) is 16.9 Å². The molecule has 28 heavy (non-hydrogen) atoms. The maximum atomic E-state index is 12.3. The predicted octanol–water partition coefficient (Wildman–Crippen LogP) is 2.84. The van der Waals surface area contributed by atoms with E-state index in [1.165, 1.54) is 22.7 Å². The van der Waals surface area contributed by atoms with Crippen LogP contribution in [0.2, 0.25) is 0 Å². The summed E-state index contributed by atoms with van der Waals surface area (Å²) < 4.78 is 0.863. The van der Waals surface area contributed by atoms with E-state index in [0.717, 1.165) is 52.9 Å². The zero-order chi connectivity index (χ0) is 19.5. The van der Waals surface area contributed by atoms with Crippen molar-refractivity contribution in [1.82, 2.24) is 20.1 Å². The summed E-state index contributed by atoms with van der Waals surface area (Å²) in [5.41, 5.74) is 1.04. The Morgan fingerprint density at radius 2 is 2.07 bits per heavy atom. The van der Waals surface area contributed by atoms with Gasteiger partial charge in [-0.2, -0.15) is 0 Å². The Morgan fingerprint density at radius 3 is 2.82 bits per heavy atom. The summed E-state index contributed by atoms with van der Waals surface area (Å²) >= 11 is 4.53. The van der Waals surface area contributed by atoms with Crippen LogP contribution >= 0.6 is 34.4 Å². The maximum absolute atomic E-state index is 12.3. The van der Waals surface area contributed by atoms with Crippen molar-refractivity contribution in [1.29, 1.82) is 0 Å². The van der Waals surface area contributed by atoms with Gasteiger partial charge in [-0.25, -0.2) is 4.98 Å². The fraction of sp³-hybridized carbons (Fsp3) is 0.588. The highest BCUT2D eigenvalue weighted by molar-refractivity contribution is 8.01. The Balaban J connectivity index is 1.29. The Labute approximate surface area is 175 Å². The number of nitrogens with zero attached hydrogens (tertiary/aromatic N) is 4. The van der Waals surface area contributed by atoms with Crippen LogP contribution in [-0.2, 0) is 22.6 Å². The van der Waals surface area contributed by atoms with Gasteiger partial charge in [0.25, 0.3) is 0 Å². The third-order valence-electron chi connectivity index (χ3n) is 4.80. The van der Waals surface area contributed by atoms with Gasteiger partial charge in [0.05, 0.1) is 12.2 Å². The zero-order valence-electron chi connectivity index (χ0n) is 15.6.